The Bertz CT molecular complexity index is 1870. The van der Waals surface area contributed by atoms with E-state index in [4.69, 9.17) is 9.47 Å². The van der Waals surface area contributed by atoms with Gasteiger partial charge in [0.2, 0.25) is 27.7 Å². The number of carboxylic acid groups (broad SMARTS) is 1. The number of halogens is 1. The number of ether oxygens (including phenoxy) is 2. The molecule has 2 saturated carbocycles. The van der Waals surface area contributed by atoms with Gasteiger partial charge in [-0.1, -0.05) is 26.0 Å². The van der Waals surface area contributed by atoms with E-state index in [0.29, 0.717) is 37.0 Å². The fraction of sp³-hybridized carbons (Fsp3) is 0.583. The molecule has 14 nitrogen and oxygen atoms in total. The number of nitrogens with zero attached hydrogens (tertiary/aromatic N) is 2. The third-order valence-electron chi connectivity index (χ3n) is 10.8. The normalized spacial score (nSPS) is 30.2. The molecule has 2 aromatic rings. The van der Waals surface area contributed by atoms with Crippen LogP contribution in [0.2, 0.25) is 0 Å². The predicted octanol–water partition coefficient (Wildman–Crippen LogP) is 3.45. The number of aromatic nitrogens is 1. The third-order valence-corrected chi connectivity index (χ3v) is 12.9. The van der Waals surface area contributed by atoms with Crippen LogP contribution >= 0.6 is 0 Å². The van der Waals surface area contributed by atoms with Crippen molar-refractivity contribution in [2.24, 2.45) is 17.8 Å². The number of allylic oxidation sites excluding steroid dienone is 1. The minimum Gasteiger partial charge on any atom is -0.494 e. The van der Waals surface area contributed by atoms with Crippen molar-refractivity contribution < 1.29 is 46.6 Å². The van der Waals surface area contributed by atoms with Crippen LogP contribution < -0.4 is 24.8 Å². The molecule has 16 heteroatoms. The lowest BCUT2D eigenvalue weighted by atomic mass is 9.88. The topological polar surface area (TPSA) is 193 Å². The second-order valence-electron chi connectivity index (χ2n) is 14.7. The molecular formula is C36H46FN5O9S. The van der Waals surface area contributed by atoms with E-state index in [1.54, 1.807) is 37.4 Å². The molecule has 3 heterocycles. The van der Waals surface area contributed by atoms with E-state index >= 15 is 0 Å². The highest BCUT2D eigenvalue weighted by atomic mass is 32.2. The summed E-state index contributed by atoms with van der Waals surface area (Å²) in [5, 5.41) is 16.4. The number of carbonyl (C=O) groups is 4. The van der Waals surface area contributed by atoms with E-state index < -0.39 is 80.8 Å². The van der Waals surface area contributed by atoms with Crippen molar-refractivity contribution >= 4 is 44.6 Å². The minimum absolute atomic E-state index is 0.0291. The van der Waals surface area contributed by atoms with Gasteiger partial charge in [-0.05, 0) is 86.9 Å². The van der Waals surface area contributed by atoms with Crippen LogP contribution in [0.15, 0.2) is 42.6 Å². The largest absolute Gasteiger partial charge is 0.494 e. The molecule has 1 aromatic carbocycles. The first-order valence-electron chi connectivity index (χ1n) is 17.8. The smallest absolute Gasteiger partial charge is 0.405 e. The number of alkyl halides is 1. The summed E-state index contributed by atoms with van der Waals surface area (Å²) in [5.74, 6) is -2.29. The van der Waals surface area contributed by atoms with Crippen molar-refractivity contribution in [2.75, 3.05) is 19.8 Å². The van der Waals surface area contributed by atoms with E-state index in [-0.39, 0.29) is 44.0 Å². The molecule has 2 aliphatic heterocycles. The van der Waals surface area contributed by atoms with Crippen LogP contribution in [0.1, 0.15) is 65.7 Å². The maximum Gasteiger partial charge on any atom is 0.405 e. The van der Waals surface area contributed by atoms with E-state index in [1.165, 1.54) is 4.90 Å². The van der Waals surface area contributed by atoms with Crippen molar-refractivity contribution in [2.45, 2.75) is 94.2 Å². The average Bonchev–Trinajstić information content (AvgIpc) is 4.00. The summed E-state index contributed by atoms with van der Waals surface area (Å²) < 4.78 is 52.3. The molecular weight excluding hydrogens is 697 g/mol. The number of carbonyl (C=O) groups excluding carboxylic acids is 3. The lowest BCUT2D eigenvalue weighted by molar-refractivity contribution is -0.142. The van der Waals surface area contributed by atoms with Gasteiger partial charge in [0, 0.05) is 23.9 Å². The van der Waals surface area contributed by atoms with Gasteiger partial charge in [0.15, 0.2) is 0 Å². The van der Waals surface area contributed by atoms with Gasteiger partial charge >= 0.3 is 6.09 Å². The van der Waals surface area contributed by atoms with Crippen molar-refractivity contribution in [3.63, 3.8) is 0 Å². The van der Waals surface area contributed by atoms with Crippen LogP contribution in [-0.2, 0) is 24.4 Å². The van der Waals surface area contributed by atoms with Crippen molar-refractivity contribution in [1.82, 2.24) is 25.2 Å². The number of rotatable bonds is 9. The Hall–Kier alpha value is -4.47. The summed E-state index contributed by atoms with van der Waals surface area (Å²) in [7, 11) is -4.38. The van der Waals surface area contributed by atoms with Gasteiger partial charge < -0.3 is 30.1 Å². The van der Waals surface area contributed by atoms with Gasteiger partial charge in [-0.25, -0.2) is 22.6 Å². The third kappa shape index (κ3) is 7.39. The number of fused-ring (bicyclic) bond motifs is 3. The molecule has 3 fully saturated rings. The van der Waals surface area contributed by atoms with Crippen LogP contribution in [-0.4, -0.2) is 95.5 Å². The fourth-order valence-corrected chi connectivity index (χ4v) is 8.95. The summed E-state index contributed by atoms with van der Waals surface area (Å²) in [6, 6.07) is 4.83. The molecule has 6 rings (SSSR count). The zero-order valence-electron chi connectivity index (χ0n) is 29.5. The highest BCUT2D eigenvalue weighted by Crippen LogP contribution is 2.48. The maximum absolute atomic E-state index is 14.3. The van der Waals surface area contributed by atoms with Gasteiger partial charge in [0.25, 0.3) is 5.91 Å². The van der Waals surface area contributed by atoms with Gasteiger partial charge in [0.1, 0.15) is 40.9 Å². The van der Waals surface area contributed by atoms with Crippen molar-refractivity contribution in [3.05, 3.63) is 42.6 Å². The van der Waals surface area contributed by atoms with Crippen LogP contribution in [0.25, 0.3) is 10.8 Å². The first kappa shape index (κ1) is 37.3. The lowest BCUT2D eigenvalue weighted by Crippen LogP contribution is -2.59. The Balaban J connectivity index is 1.33. The number of nitrogens with one attached hydrogen (secondary N) is 3. The predicted molar refractivity (Wildman–Crippen MR) is 188 cm³/mol. The number of pyridine rings is 1. The number of hydrogen-bond acceptors (Lipinski definition) is 9. The summed E-state index contributed by atoms with van der Waals surface area (Å²) in [5.41, 5.74) is -1.66. The number of hydrogen-bond donors (Lipinski definition) is 4. The molecule has 7 atom stereocenters. The van der Waals surface area contributed by atoms with E-state index in [1.807, 2.05) is 26.0 Å². The van der Waals surface area contributed by atoms with E-state index in [2.05, 4.69) is 20.3 Å². The molecule has 1 saturated heterocycles. The van der Waals surface area contributed by atoms with Gasteiger partial charge in [0.05, 0.1) is 13.2 Å². The molecule has 282 valence electrons. The first-order valence-corrected chi connectivity index (χ1v) is 19.3. The van der Waals surface area contributed by atoms with Crippen molar-refractivity contribution in [3.8, 4) is 11.6 Å². The molecule has 2 aliphatic carbocycles. The zero-order valence-corrected chi connectivity index (χ0v) is 30.3. The van der Waals surface area contributed by atoms with Crippen LogP contribution in [0.4, 0.5) is 9.18 Å². The van der Waals surface area contributed by atoms with Crippen molar-refractivity contribution in [1.29, 1.82) is 0 Å². The summed E-state index contributed by atoms with van der Waals surface area (Å²) in [4.78, 5) is 60.1. The number of amides is 4. The molecule has 0 bridgehead atoms. The highest BCUT2D eigenvalue weighted by molar-refractivity contribution is 7.91. The molecule has 4 N–H and O–H groups in total. The first-order chi connectivity index (χ1) is 24.7. The van der Waals surface area contributed by atoms with Crippen LogP contribution in [0.3, 0.4) is 0 Å². The van der Waals surface area contributed by atoms with Gasteiger partial charge in [-0.2, -0.15) is 0 Å². The Morgan fingerprint density at radius 2 is 1.94 bits per heavy atom. The lowest BCUT2D eigenvalue weighted by Gasteiger charge is -2.32. The molecule has 0 unspecified atom stereocenters. The fourth-order valence-electron chi connectivity index (χ4n) is 7.52. The van der Waals surface area contributed by atoms with Crippen LogP contribution in [0.5, 0.6) is 11.6 Å². The summed E-state index contributed by atoms with van der Waals surface area (Å²) in [6.07, 6.45) is 5.13. The SMILES string of the molecule is CCOc1ccc2c(O[C@@H]3C[C@H]4C(=O)N[C@]5(C(=O)NS(=O)(=O)C6(CF)CC6)C[C@H]5C=CCC[C@H](C)C[C@@H](C)[C@H](NC(=O)O)C(=O)N4C3)nccc2c1. The quantitative estimate of drug-likeness (QED) is 0.277. The summed E-state index contributed by atoms with van der Waals surface area (Å²) in [6.45, 7) is 4.92. The van der Waals surface area contributed by atoms with Gasteiger partial charge in [-0.15, -0.1) is 0 Å². The maximum atomic E-state index is 14.3. The monoisotopic (exact) mass is 743 g/mol. The standard InChI is InChI=1S/C36H46FN5O9S/c1-4-50-25-9-10-27-23(16-25)11-14-38-31(27)51-26-17-28-30(43)40-36(33(45)41-52(48,49)35(20-37)12-13-35)18-24(36)8-6-5-7-21(2)15-22(3)29(39-34(46)47)32(44)42(28)19-26/h6,8-11,14,16,21-22,24,26,28-29,39H,4-5,7,12-13,15,17-20H2,1-3H3,(H,40,43)(H,41,45)(H,46,47)/t21-,22+,24+,26+,28-,29-,36+/m0/s1. The molecule has 0 spiro atoms. The number of benzene rings is 1. The molecule has 52 heavy (non-hydrogen) atoms. The van der Waals surface area contributed by atoms with E-state index in [9.17, 15) is 37.1 Å². The Morgan fingerprint density at radius 1 is 1.17 bits per heavy atom. The minimum atomic E-state index is -4.38. The van der Waals surface area contributed by atoms with Gasteiger partial charge in [-0.3, -0.25) is 19.1 Å². The van der Waals surface area contributed by atoms with Crippen LogP contribution in [0, 0.1) is 17.8 Å². The molecule has 0 radical (unpaired) electrons. The Kier molecular flexibility index (Phi) is 10.4. The zero-order chi connectivity index (χ0) is 37.4. The summed E-state index contributed by atoms with van der Waals surface area (Å²) >= 11 is 0. The Morgan fingerprint density at radius 3 is 2.63 bits per heavy atom. The average molecular weight is 744 g/mol. The second kappa shape index (κ2) is 14.5. The molecule has 4 aliphatic rings. The molecule has 4 amide bonds. The molecule has 1 aromatic heterocycles. The second-order valence-corrected chi connectivity index (χ2v) is 16.8. The highest BCUT2D eigenvalue weighted by Gasteiger charge is 2.64. The number of sulfonamides is 1. The van der Waals surface area contributed by atoms with E-state index in [0.717, 1.165) is 5.39 Å². The Labute approximate surface area is 301 Å².